The van der Waals surface area contributed by atoms with Gasteiger partial charge < -0.3 is 5.32 Å². The van der Waals surface area contributed by atoms with E-state index in [2.05, 4.69) is 40.8 Å². The van der Waals surface area contributed by atoms with Gasteiger partial charge in [-0.25, -0.2) is 4.99 Å². The van der Waals surface area contributed by atoms with E-state index in [9.17, 15) is 0 Å². The number of rotatable bonds is 0. The SMILES string of the molecule is C1=[NH+]CC2c3ccccc3NC12. The summed E-state index contributed by atoms with van der Waals surface area (Å²) < 4.78 is 0. The lowest BCUT2D eigenvalue weighted by molar-refractivity contribution is -0.444. The fraction of sp³-hybridized carbons (Fsp3) is 0.300. The second kappa shape index (κ2) is 2.09. The Bertz CT molecular complexity index is 343. The van der Waals surface area contributed by atoms with E-state index in [-0.39, 0.29) is 0 Å². The molecule has 2 nitrogen and oxygen atoms in total. The Morgan fingerprint density at radius 1 is 1.33 bits per heavy atom. The molecule has 0 radical (unpaired) electrons. The second-order valence-corrected chi connectivity index (χ2v) is 3.44. The number of fused-ring (bicyclic) bond motifs is 3. The molecule has 0 saturated heterocycles. The van der Waals surface area contributed by atoms with Crippen molar-refractivity contribution in [3.05, 3.63) is 29.8 Å². The largest absolute Gasteiger partial charge is 0.372 e. The molecule has 2 heteroatoms. The van der Waals surface area contributed by atoms with E-state index >= 15 is 0 Å². The average Bonchev–Trinajstić information content (AvgIpc) is 2.62. The van der Waals surface area contributed by atoms with Crippen molar-refractivity contribution in [2.24, 2.45) is 0 Å². The third-order valence-electron chi connectivity index (χ3n) is 2.75. The first-order valence-electron chi connectivity index (χ1n) is 4.37. The lowest BCUT2D eigenvalue weighted by atomic mass is 9.98. The maximum absolute atomic E-state index is 3.48. The summed E-state index contributed by atoms with van der Waals surface area (Å²) in [5.41, 5.74) is 2.77. The van der Waals surface area contributed by atoms with Gasteiger partial charge in [0.2, 0.25) is 0 Å². The molecule has 0 amide bonds. The summed E-state index contributed by atoms with van der Waals surface area (Å²) in [5.74, 6) is 0.654. The molecule has 0 aliphatic carbocycles. The van der Waals surface area contributed by atoms with Crippen LogP contribution in [0.3, 0.4) is 0 Å². The third kappa shape index (κ3) is 0.670. The lowest BCUT2D eigenvalue weighted by Crippen LogP contribution is -2.66. The molecule has 2 atom stereocenters. The highest BCUT2D eigenvalue weighted by molar-refractivity contribution is 5.75. The maximum atomic E-state index is 3.48. The van der Waals surface area contributed by atoms with Crippen molar-refractivity contribution < 1.29 is 4.99 Å². The zero-order valence-electron chi connectivity index (χ0n) is 6.75. The Labute approximate surface area is 71.3 Å². The molecule has 0 bridgehead atoms. The summed E-state index contributed by atoms with van der Waals surface area (Å²) in [6, 6.07) is 9.08. The van der Waals surface area contributed by atoms with Crippen LogP contribution in [0.5, 0.6) is 0 Å². The molecular formula is C10H11N2+. The molecule has 1 aromatic carbocycles. The van der Waals surface area contributed by atoms with Crippen molar-refractivity contribution in [3.63, 3.8) is 0 Å². The van der Waals surface area contributed by atoms with Crippen LogP contribution in [0, 0.1) is 0 Å². The van der Waals surface area contributed by atoms with Gasteiger partial charge in [0.15, 0.2) is 6.21 Å². The fourth-order valence-electron chi connectivity index (χ4n) is 2.14. The van der Waals surface area contributed by atoms with Crippen LogP contribution in [-0.2, 0) is 0 Å². The van der Waals surface area contributed by atoms with Gasteiger partial charge in [-0.3, -0.25) is 0 Å². The highest BCUT2D eigenvalue weighted by Gasteiger charge is 2.37. The van der Waals surface area contributed by atoms with Crippen molar-refractivity contribution in [3.8, 4) is 0 Å². The van der Waals surface area contributed by atoms with Gasteiger partial charge >= 0.3 is 0 Å². The number of nitrogens with one attached hydrogen (secondary N) is 2. The predicted molar refractivity (Wildman–Crippen MR) is 48.5 cm³/mol. The highest BCUT2D eigenvalue weighted by atomic mass is 15.0. The molecule has 1 aromatic rings. The standard InChI is InChI=1S/C10H10N2/c1-2-4-9-7(3-1)8-5-11-6-10(8)12-9/h1-4,6,8,10,12H,5H2/p+1. The molecule has 0 saturated carbocycles. The lowest BCUT2D eigenvalue weighted by Gasteiger charge is -2.01. The smallest absolute Gasteiger partial charge is 0.161 e. The molecule has 0 spiro atoms. The monoisotopic (exact) mass is 159 g/mol. The van der Waals surface area contributed by atoms with Crippen LogP contribution in [0.25, 0.3) is 0 Å². The zero-order valence-corrected chi connectivity index (χ0v) is 6.75. The fourth-order valence-corrected chi connectivity index (χ4v) is 2.14. The molecule has 60 valence electrons. The van der Waals surface area contributed by atoms with Crippen LogP contribution in [0.1, 0.15) is 11.5 Å². The van der Waals surface area contributed by atoms with Gasteiger partial charge in [-0.05, 0) is 11.6 Å². The third-order valence-corrected chi connectivity index (χ3v) is 2.75. The van der Waals surface area contributed by atoms with Crippen molar-refractivity contribution in [1.29, 1.82) is 0 Å². The minimum Gasteiger partial charge on any atom is -0.372 e. The summed E-state index contributed by atoms with van der Waals surface area (Å²) in [4.78, 5) is 3.28. The van der Waals surface area contributed by atoms with Gasteiger partial charge in [0.1, 0.15) is 12.6 Å². The summed E-state index contributed by atoms with van der Waals surface area (Å²) in [6.07, 6.45) is 2.16. The van der Waals surface area contributed by atoms with E-state index in [4.69, 9.17) is 0 Å². The van der Waals surface area contributed by atoms with Crippen LogP contribution < -0.4 is 10.3 Å². The van der Waals surface area contributed by atoms with Gasteiger partial charge in [0.05, 0.1) is 5.92 Å². The van der Waals surface area contributed by atoms with E-state index in [1.54, 1.807) is 0 Å². The quantitative estimate of drug-likeness (QED) is 0.535. The Hall–Kier alpha value is -1.31. The molecule has 2 N–H and O–H groups in total. The first-order chi connectivity index (χ1) is 5.95. The molecule has 0 aromatic heterocycles. The Morgan fingerprint density at radius 3 is 3.25 bits per heavy atom. The number of hydrogen-bond acceptors (Lipinski definition) is 1. The van der Waals surface area contributed by atoms with Gasteiger partial charge in [-0.2, -0.15) is 0 Å². The van der Waals surface area contributed by atoms with Crippen molar-refractivity contribution in [1.82, 2.24) is 0 Å². The van der Waals surface area contributed by atoms with E-state index < -0.39 is 0 Å². The zero-order chi connectivity index (χ0) is 7.97. The molecular weight excluding hydrogens is 148 g/mol. The normalized spacial score (nSPS) is 29.7. The van der Waals surface area contributed by atoms with E-state index in [1.807, 2.05) is 0 Å². The number of benzene rings is 1. The first-order valence-corrected chi connectivity index (χ1v) is 4.37. The molecule has 12 heavy (non-hydrogen) atoms. The minimum atomic E-state index is 0.516. The average molecular weight is 159 g/mol. The van der Waals surface area contributed by atoms with Crippen LogP contribution in [0.2, 0.25) is 0 Å². The number of anilines is 1. The summed E-state index contributed by atoms with van der Waals surface area (Å²) >= 11 is 0. The van der Waals surface area contributed by atoms with E-state index in [0.717, 1.165) is 6.54 Å². The second-order valence-electron chi connectivity index (χ2n) is 3.44. The van der Waals surface area contributed by atoms with Crippen molar-refractivity contribution in [2.75, 3.05) is 11.9 Å². The van der Waals surface area contributed by atoms with Crippen molar-refractivity contribution >= 4 is 11.9 Å². The molecule has 2 heterocycles. The van der Waals surface area contributed by atoms with Gasteiger partial charge in [0, 0.05) is 5.69 Å². The van der Waals surface area contributed by atoms with Gasteiger partial charge in [-0.1, -0.05) is 18.2 Å². The molecule has 3 rings (SSSR count). The first kappa shape index (κ1) is 6.23. The highest BCUT2D eigenvalue weighted by Crippen LogP contribution is 2.34. The molecule has 0 fully saturated rings. The van der Waals surface area contributed by atoms with Gasteiger partial charge in [-0.15, -0.1) is 0 Å². The van der Waals surface area contributed by atoms with E-state index in [1.165, 1.54) is 11.3 Å². The topological polar surface area (TPSA) is 26.0 Å². The van der Waals surface area contributed by atoms with Gasteiger partial charge in [0.25, 0.3) is 0 Å². The number of para-hydroxylation sites is 1. The van der Waals surface area contributed by atoms with Crippen LogP contribution in [-0.4, -0.2) is 18.8 Å². The summed E-state index contributed by atoms with van der Waals surface area (Å²) in [7, 11) is 0. The van der Waals surface area contributed by atoms with Crippen molar-refractivity contribution in [2.45, 2.75) is 12.0 Å². The summed E-state index contributed by atoms with van der Waals surface area (Å²) in [5, 5.41) is 3.48. The Morgan fingerprint density at radius 2 is 2.25 bits per heavy atom. The van der Waals surface area contributed by atoms with Crippen LogP contribution in [0.4, 0.5) is 5.69 Å². The Balaban J connectivity index is 2.12. The maximum Gasteiger partial charge on any atom is 0.161 e. The Kier molecular flexibility index (Phi) is 1.09. The minimum absolute atomic E-state index is 0.516. The predicted octanol–water partition coefficient (Wildman–Crippen LogP) is -0.271. The molecule has 2 aliphatic heterocycles. The summed E-state index contributed by atoms with van der Waals surface area (Å²) in [6.45, 7) is 1.08. The van der Waals surface area contributed by atoms with Crippen LogP contribution in [0.15, 0.2) is 24.3 Å². The molecule has 2 aliphatic rings. The van der Waals surface area contributed by atoms with E-state index in [0.29, 0.717) is 12.0 Å². The van der Waals surface area contributed by atoms with Crippen LogP contribution >= 0.6 is 0 Å². The molecule has 2 unspecified atom stereocenters. The number of hydrogen-bond donors (Lipinski definition) is 2.